The SMILES string of the molecule is Cc1cc(N(C)C)ccc1CNC(=O)c1cn(C)nc1-c1cccnc1. The third-order valence-electron chi connectivity index (χ3n) is 4.29. The van der Waals surface area contributed by atoms with Gasteiger partial charge in [-0.3, -0.25) is 14.5 Å². The number of pyridine rings is 1. The lowest BCUT2D eigenvalue weighted by molar-refractivity contribution is 0.0951. The predicted octanol–water partition coefficient (Wildman–Crippen LogP) is 2.79. The summed E-state index contributed by atoms with van der Waals surface area (Å²) in [5, 5.41) is 7.42. The number of hydrogen-bond acceptors (Lipinski definition) is 4. The lowest BCUT2D eigenvalue weighted by atomic mass is 10.1. The normalized spacial score (nSPS) is 10.6. The largest absolute Gasteiger partial charge is 0.378 e. The molecule has 6 heteroatoms. The van der Waals surface area contributed by atoms with Gasteiger partial charge >= 0.3 is 0 Å². The van der Waals surface area contributed by atoms with Crippen molar-refractivity contribution in [2.75, 3.05) is 19.0 Å². The van der Waals surface area contributed by atoms with Crippen LogP contribution in [0.4, 0.5) is 5.69 Å². The van der Waals surface area contributed by atoms with Crippen molar-refractivity contribution in [3.8, 4) is 11.3 Å². The minimum Gasteiger partial charge on any atom is -0.378 e. The van der Waals surface area contributed by atoms with E-state index in [1.54, 1.807) is 30.3 Å². The number of benzene rings is 1. The Morgan fingerprint density at radius 2 is 2.08 bits per heavy atom. The van der Waals surface area contributed by atoms with E-state index < -0.39 is 0 Å². The molecule has 0 spiro atoms. The molecule has 26 heavy (non-hydrogen) atoms. The topological polar surface area (TPSA) is 63.1 Å². The highest BCUT2D eigenvalue weighted by atomic mass is 16.1. The fraction of sp³-hybridized carbons (Fsp3) is 0.250. The maximum atomic E-state index is 12.7. The third-order valence-corrected chi connectivity index (χ3v) is 4.29. The van der Waals surface area contributed by atoms with Crippen LogP contribution in [0.5, 0.6) is 0 Å². The van der Waals surface area contributed by atoms with E-state index in [-0.39, 0.29) is 5.91 Å². The Labute approximate surface area is 153 Å². The molecule has 0 saturated carbocycles. The summed E-state index contributed by atoms with van der Waals surface area (Å²) >= 11 is 0. The fourth-order valence-electron chi connectivity index (χ4n) is 2.80. The van der Waals surface area contributed by atoms with Crippen molar-refractivity contribution in [1.82, 2.24) is 20.1 Å². The first-order valence-electron chi connectivity index (χ1n) is 8.45. The average molecular weight is 349 g/mol. The smallest absolute Gasteiger partial charge is 0.255 e. The Kier molecular flexibility index (Phi) is 5.02. The Hall–Kier alpha value is -3.15. The van der Waals surface area contributed by atoms with Gasteiger partial charge in [0.1, 0.15) is 5.69 Å². The van der Waals surface area contributed by atoms with Gasteiger partial charge in [0.05, 0.1) is 5.56 Å². The molecule has 0 aliphatic carbocycles. The minimum atomic E-state index is -0.145. The molecule has 2 heterocycles. The number of rotatable bonds is 5. The molecular weight excluding hydrogens is 326 g/mol. The summed E-state index contributed by atoms with van der Waals surface area (Å²) in [5.41, 5.74) is 5.39. The number of amides is 1. The molecular formula is C20H23N5O. The van der Waals surface area contributed by atoms with Crippen molar-refractivity contribution in [3.05, 3.63) is 65.6 Å². The molecule has 1 amide bonds. The molecule has 134 valence electrons. The second-order valence-electron chi connectivity index (χ2n) is 6.49. The molecule has 0 aliphatic rings. The van der Waals surface area contributed by atoms with Gasteiger partial charge in [-0.05, 0) is 42.3 Å². The molecule has 0 unspecified atom stereocenters. The maximum Gasteiger partial charge on any atom is 0.255 e. The van der Waals surface area contributed by atoms with Crippen molar-refractivity contribution in [2.24, 2.45) is 7.05 Å². The van der Waals surface area contributed by atoms with Gasteiger partial charge in [0.25, 0.3) is 5.91 Å². The Balaban J connectivity index is 1.78. The molecule has 0 atom stereocenters. The number of aryl methyl sites for hydroxylation is 2. The Morgan fingerprint density at radius 1 is 1.27 bits per heavy atom. The molecule has 3 rings (SSSR count). The van der Waals surface area contributed by atoms with Crippen LogP contribution in [-0.2, 0) is 13.6 Å². The fourth-order valence-corrected chi connectivity index (χ4v) is 2.80. The van der Waals surface area contributed by atoms with Gasteiger partial charge in [-0.25, -0.2) is 0 Å². The number of carbonyl (C=O) groups excluding carboxylic acids is 1. The number of hydrogen-bond donors (Lipinski definition) is 1. The van der Waals surface area contributed by atoms with E-state index in [9.17, 15) is 4.79 Å². The first kappa shape index (κ1) is 17.7. The molecule has 0 bridgehead atoms. The zero-order chi connectivity index (χ0) is 18.7. The summed E-state index contributed by atoms with van der Waals surface area (Å²) in [6.45, 7) is 2.53. The summed E-state index contributed by atoms with van der Waals surface area (Å²) in [7, 11) is 5.83. The molecule has 0 aliphatic heterocycles. The number of nitrogens with zero attached hydrogens (tertiary/aromatic N) is 4. The van der Waals surface area contributed by atoms with Crippen molar-refractivity contribution in [2.45, 2.75) is 13.5 Å². The molecule has 0 radical (unpaired) electrons. The van der Waals surface area contributed by atoms with Gasteiger partial charge in [0.2, 0.25) is 0 Å². The van der Waals surface area contributed by atoms with Crippen LogP contribution in [0.2, 0.25) is 0 Å². The van der Waals surface area contributed by atoms with E-state index in [2.05, 4.69) is 45.4 Å². The van der Waals surface area contributed by atoms with E-state index in [4.69, 9.17) is 0 Å². The maximum absolute atomic E-state index is 12.7. The van der Waals surface area contributed by atoms with Crippen LogP contribution in [-0.4, -0.2) is 34.8 Å². The van der Waals surface area contributed by atoms with Crippen molar-refractivity contribution < 1.29 is 4.79 Å². The van der Waals surface area contributed by atoms with Gasteiger partial charge in [0, 0.05) is 57.5 Å². The molecule has 1 N–H and O–H groups in total. The summed E-state index contributed by atoms with van der Waals surface area (Å²) < 4.78 is 1.65. The third kappa shape index (κ3) is 3.74. The summed E-state index contributed by atoms with van der Waals surface area (Å²) in [6, 6.07) is 9.96. The molecule has 3 aromatic rings. The predicted molar refractivity (Wildman–Crippen MR) is 103 cm³/mol. The van der Waals surface area contributed by atoms with Crippen LogP contribution in [0.1, 0.15) is 21.5 Å². The van der Waals surface area contributed by atoms with Crippen molar-refractivity contribution in [3.63, 3.8) is 0 Å². The van der Waals surface area contributed by atoms with Crippen LogP contribution >= 0.6 is 0 Å². The summed E-state index contributed by atoms with van der Waals surface area (Å²) in [4.78, 5) is 18.9. The quantitative estimate of drug-likeness (QED) is 0.769. The first-order valence-corrected chi connectivity index (χ1v) is 8.45. The van der Waals surface area contributed by atoms with E-state index in [0.717, 1.165) is 22.4 Å². The van der Waals surface area contributed by atoms with Crippen LogP contribution in [0.3, 0.4) is 0 Å². The van der Waals surface area contributed by atoms with Gasteiger partial charge in [-0.2, -0.15) is 5.10 Å². The highest BCUT2D eigenvalue weighted by Gasteiger charge is 2.17. The van der Waals surface area contributed by atoms with E-state index >= 15 is 0 Å². The second kappa shape index (κ2) is 7.39. The van der Waals surface area contributed by atoms with Crippen LogP contribution < -0.4 is 10.2 Å². The monoisotopic (exact) mass is 349 g/mol. The number of carbonyl (C=O) groups is 1. The molecule has 2 aromatic heterocycles. The van der Waals surface area contributed by atoms with E-state index in [1.807, 2.05) is 26.2 Å². The highest BCUT2D eigenvalue weighted by Crippen LogP contribution is 2.21. The van der Waals surface area contributed by atoms with Gasteiger partial charge in [-0.1, -0.05) is 6.07 Å². The Morgan fingerprint density at radius 3 is 2.73 bits per heavy atom. The highest BCUT2D eigenvalue weighted by molar-refractivity contribution is 5.99. The van der Waals surface area contributed by atoms with Crippen LogP contribution in [0, 0.1) is 6.92 Å². The van der Waals surface area contributed by atoms with E-state index in [0.29, 0.717) is 17.8 Å². The summed E-state index contributed by atoms with van der Waals surface area (Å²) in [6.07, 6.45) is 5.15. The van der Waals surface area contributed by atoms with Crippen molar-refractivity contribution >= 4 is 11.6 Å². The zero-order valence-electron chi connectivity index (χ0n) is 15.5. The molecule has 1 aromatic carbocycles. The number of nitrogens with one attached hydrogen (secondary N) is 1. The second-order valence-corrected chi connectivity index (χ2v) is 6.49. The van der Waals surface area contributed by atoms with Gasteiger partial charge < -0.3 is 10.2 Å². The summed E-state index contributed by atoms with van der Waals surface area (Å²) in [5.74, 6) is -0.145. The standard InChI is InChI=1S/C20H23N5O/c1-14-10-17(24(2)3)8-7-15(14)12-22-20(26)18-13-25(4)23-19(18)16-6-5-9-21-11-16/h5-11,13H,12H2,1-4H3,(H,22,26). The lowest BCUT2D eigenvalue weighted by Gasteiger charge is -2.15. The van der Waals surface area contributed by atoms with Crippen LogP contribution in [0.15, 0.2) is 48.9 Å². The average Bonchev–Trinajstić information content (AvgIpc) is 3.03. The van der Waals surface area contributed by atoms with Gasteiger partial charge in [0.15, 0.2) is 0 Å². The minimum absolute atomic E-state index is 0.145. The molecule has 0 saturated heterocycles. The van der Waals surface area contributed by atoms with Crippen LogP contribution in [0.25, 0.3) is 11.3 Å². The zero-order valence-corrected chi connectivity index (χ0v) is 15.5. The van der Waals surface area contributed by atoms with Crippen molar-refractivity contribution in [1.29, 1.82) is 0 Å². The number of aromatic nitrogens is 3. The van der Waals surface area contributed by atoms with E-state index in [1.165, 1.54) is 0 Å². The lowest BCUT2D eigenvalue weighted by Crippen LogP contribution is -2.23. The number of anilines is 1. The van der Waals surface area contributed by atoms with Gasteiger partial charge in [-0.15, -0.1) is 0 Å². The first-order chi connectivity index (χ1) is 12.5. The Bertz CT molecular complexity index is 915. The molecule has 6 nitrogen and oxygen atoms in total. The molecule has 0 fully saturated rings.